The van der Waals surface area contributed by atoms with Crippen molar-refractivity contribution in [2.45, 2.75) is 11.5 Å². The Labute approximate surface area is 146 Å². The fourth-order valence-corrected chi connectivity index (χ4v) is 3.52. The number of aromatic nitrogens is 2. The molecule has 0 unspecified atom stereocenters. The molecule has 1 heterocycles. The molecule has 1 aromatic heterocycles. The molecule has 3 rings (SSSR count). The molecule has 0 radical (unpaired) electrons. The summed E-state index contributed by atoms with van der Waals surface area (Å²) in [6, 6.07) is 15.6. The Morgan fingerprint density at radius 2 is 1.77 bits per heavy atom. The van der Waals surface area contributed by atoms with E-state index in [9.17, 15) is 0 Å². The second-order valence-electron chi connectivity index (χ2n) is 4.57. The smallest absolute Gasteiger partial charge is 0.248 e. The Hall–Kier alpha value is -1.30. The second kappa shape index (κ2) is 7.31. The summed E-state index contributed by atoms with van der Waals surface area (Å²) >= 11 is 11.3. The number of benzene rings is 2. The number of halogens is 2. The van der Waals surface area contributed by atoms with Gasteiger partial charge in [0.15, 0.2) is 0 Å². The first-order valence-corrected chi connectivity index (χ1v) is 8.95. The zero-order valence-electron chi connectivity index (χ0n) is 11.5. The van der Waals surface area contributed by atoms with Gasteiger partial charge in [0.2, 0.25) is 11.8 Å². The van der Waals surface area contributed by atoms with Crippen molar-refractivity contribution in [2.75, 3.05) is 0 Å². The summed E-state index contributed by atoms with van der Waals surface area (Å²) in [5.41, 5.74) is 2.01. The molecular formula is C16H12BrClN2OS. The molecule has 3 aromatic rings. The van der Waals surface area contributed by atoms with E-state index in [2.05, 4.69) is 26.1 Å². The van der Waals surface area contributed by atoms with Crippen molar-refractivity contribution in [1.29, 1.82) is 0 Å². The van der Waals surface area contributed by atoms with E-state index in [1.807, 2.05) is 48.5 Å². The highest BCUT2D eigenvalue weighted by atomic mass is 79.9. The van der Waals surface area contributed by atoms with Crippen LogP contribution in [-0.4, -0.2) is 10.2 Å². The molecule has 0 atom stereocenters. The highest BCUT2D eigenvalue weighted by Gasteiger charge is 2.11. The fourth-order valence-electron chi connectivity index (χ4n) is 1.92. The maximum absolute atomic E-state index is 6.14. The van der Waals surface area contributed by atoms with Crippen LogP contribution in [0, 0.1) is 0 Å². The van der Waals surface area contributed by atoms with Crippen molar-refractivity contribution in [3.05, 3.63) is 69.5 Å². The van der Waals surface area contributed by atoms with Gasteiger partial charge in [0.1, 0.15) is 0 Å². The van der Waals surface area contributed by atoms with Crippen molar-refractivity contribution >= 4 is 39.3 Å². The summed E-state index contributed by atoms with van der Waals surface area (Å²) < 4.78 is 6.65. The van der Waals surface area contributed by atoms with Crippen molar-refractivity contribution in [2.24, 2.45) is 0 Å². The van der Waals surface area contributed by atoms with Crippen LogP contribution in [0.4, 0.5) is 0 Å². The van der Waals surface area contributed by atoms with Gasteiger partial charge < -0.3 is 4.42 Å². The molecule has 0 saturated carbocycles. The molecular weight excluding hydrogens is 384 g/mol. The van der Waals surface area contributed by atoms with E-state index in [0.29, 0.717) is 17.5 Å². The van der Waals surface area contributed by atoms with E-state index in [4.69, 9.17) is 16.0 Å². The van der Waals surface area contributed by atoms with Gasteiger partial charge in [-0.1, -0.05) is 41.9 Å². The zero-order chi connectivity index (χ0) is 15.4. The van der Waals surface area contributed by atoms with Gasteiger partial charge in [-0.15, -0.1) is 22.0 Å². The SMILES string of the molecule is Clc1ccccc1CSCc1nnc(-c2ccccc2Br)o1. The Morgan fingerprint density at radius 1 is 1.00 bits per heavy atom. The number of hydrogen-bond acceptors (Lipinski definition) is 4. The van der Waals surface area contributed by atoms with Crippen LogP contribution < -0.4 is 0 Å². The van der Waals surface area contributed by atoms with Crippen LogP contribution in [0.25, 0.3) is 11.5 Å². The molecule has 0 aliphatic rings. The van der Waals surface area contributed by atoms with Crippen LogP contribution in [-0.2, 0) is 11.5 Å². The lowest BCUT2D eigenvalue weighted by Gasteiger charge is -2.02. The Kier molecular flexibility index (Phi) is 5.18. The summed E-state index contributed by atoms with van der Waals surface area (Å²) in [6.07, 6.45) is 0. The molecule has 0 saturated heterocycles. The molecule has 0 aliphatic heterocycles. The summed E-state index contributed by atoms with van der Waals surface area (Å²) in [7, 11) is 0. The van der Waals surface area contributed by atoms with Crippen LogP contribution in [0.3, 0.4) is 0 Å². The van der Waals surface area contributed by atoms with Crippen molar-refractivity contribution in [1.82, 2.24) is 10.2 Å². The van der Waals surface area contributed by atoms with Gasteiger partial charge in [0.25, 0.3) is 0 Å². The fraction of sp³-hybridized carbons (Fsp3) is 0.125. The molecule has 0 aliphatic carbocycles. The predicted molar refractivity (Wildman–Crippen MR) is 93.9 cm³/mol. The van der Waals surface area contributed by atoms with Gasteiger partial charge in [-0.25, -0.2) is 0 Å². The second-order valence-corrected chi connectivity index (χ2v) is 6.81. The topological polar surface area (TPSA) is 38.9 Å². The Bertz CT molecular complexity index is 778. The van der Waals surface area contributed by atoms with E-state index < -0.39 is 0 Å². The average molecular weight is 396 g/mol. The molecule has 0 spiro atoms. The van der Waals surface area contributed by atoms with Crippen molar-refractivity contribution < 1.29 is 4.42 Å². The zero-order valence-corrected chi connectivity index (χ0v) is 14.7. The molecule has 6 heteroatoms. The normalized spacial score (nSPS) is 10.8. The van der Waals surface area contributed by atoms with E-state index in [0.717, 1.165) is 26.4 Å². The minimum Gasteiger partial charge on any atom is -0.420 e. The lowest BCUT2D eigenvalue weighted by atomic mass is 10.2. The van der Waals surface area contributed by atoms with Gasteiger partial charge in [-0.3, -0.25) is 0 Å². The molecule has 0 fully saturated rings. The third kappa shape index (κ3) is 3.72. The standard InChI is InChI=1S/C16H12BrClN2OS/c17-13-7-3-2-6-12(13)16-20-19-15(21-16)10-22-9-11-5-1-4-8-14(11)18/h1-8H,9-10H2. The number of rotatable bonds is 5. The molecule has 0 bridgehead atoms. The maximum atomic E-state index is 6.14. The van der Waals surface area contributed by atoms with Crippen LogP contribution in [0.1, 0.15) is 11.5 Å². The molecule has 112 valence electrons. The minimum atomic E-state index is 0.529. The summed E-state index contributed by atoms with van der Waals surface area (Å²) in [5, 5.41) is 8.99. The first kappa shape index (κ1) is 15.6. The Morgan fingerprint density at radius 3 is 2.59 bits per heavy atom. The van der Waals surface area contributed by atoms with Crippen molar-refractivity contribution in [3.8, 4) is 11.5 Å². The lowest BCUT2D eigenvalue weighted by molar-refractivity contribution is 0.528. The lowest BCUT2D eigenvalue weighted by Crippen LogP contribution is -1.84. The van der Waals surface area contributed by atoms with Crippen LogP contribution >= 0.6 is 39.3 Å². The van der Waals surface area contributed by atoms with Crippen molar-refractivity contribution in [3.63, 3.8) is 0 Å². The monoisotopic (exact) mass is 394 g/mol. The highest BCUT2D eigenvalue weighted by Crippen LogP contribution is 2.28. The molecule has 2 aromatic carbocycles. The number of nitrogens with zero attached hydrogens (tertiary/aromatic N) is 2. The number of thioether (sulfide) groups is 1. The average Bonchev–Trinajstić information content (AvgIpc) is 2.98. The first-order valence-electron chi connectivity index (χ1n) is 6.62. The third-order valence-corrected chi connectivity index (χ3v) is 5.04. The largest absolute Gasteiger partial charge is 0.420 e. The minimum absolute atomic E-state index is 0.529. The van der Waals surface area contributed by atoms with Gasteiger partial charge in [-0.2, -0.15) is 0 Å². The van der Waals surface area contributed by atoms with E-state index >= 15 is 0 Å². The summed E-state index contributed by atoms with van der Waals surface area (Å²) in [5.74, 6) is 2.61. The van der Waals surface area contributed by atoms with Crippen LogP contribution in [0.15, 0.2) is 57.4 Å². The van der Waals surface area contributed by atoms with E-state index in [-0.39, 0.29) is 0 Å². The third-order valence-electron chi connectivity index (χ3n) is 3.01. The first-order chi connectivity index (χ1) is 10.7. The van der Waals surface area contributed by atoms with Gasteiger partial charge in [0, 0.05) is 15.2 Å². The van der Waals surface area contributed by atoms with Gasteiger partial charge in [-0.05, 0) is 39.7 Å². The van der Waals surface area contributed by atoms with E-state index in [1.54, 1.807) is 11.8 Å². The quantitative estimate of drug-likeness (QED) is 0.565. The Balaban J connectivity index is 1.63. The van der Waals surface area contributed by atoms with Crippen LogP contribution in [0.5, 0.6) is 0 Å². The number of hydrogen-bond donors (Lipinski definition) is 0. The summed E-state index contributed by atoms with van der Waals surface area (Å²) in [6.45, 7) is 0. The maximum Gasteiger partial charge on any atom is 0.248 e. The molecule has 0 N–H and O–H groups in total. The van der Waals surface area contributed by atoms with Gasteiger partial charge >= 0.3 is 0 Å². The van der Waals surface area contributed by atoms with E-state index in [1.165, 1.54) is 0 Å². The summed E-state index contributed by atoms with van der Waals surface area (Å²) in [4.78, 5) is 0. The molecule has 3 nitrogen and oxygen atoms in total. The molecule has 0 amide bonds. The van der Waals surface area contributed by atoms with Crippen LogP contribution in [0.2, 0.25) is 5.02 Å². The molecule has 22 heavy (non-hydrogen) atoms. The predicted octanol–water partition coefficient (Wildman–Crippen LogP) is 5.59. The highest BCUT2D eigenvalue weighted by molar-refractivity contribution is 9.10. The van der Waals surface area contributed by atoms with Gasteiger partial charge in [0.05, 0.1) is 11.3 Å².